The summed E-state index contributed by atoms with van der Waals surface area (Å²) in [5, 5.41) is 2.76. The van der Waals surface area contributed by atoms with Crippen LogP contribution in [0.2, 0.25) is 0 Å². The Morgan fingerprint density at radius 3 is 2.31 bits per heavy atom. The first-order chi connectivity index (χ1) is 11.9. The maximum atomic E-state index is 12.2. The molecule has 3 N–H and O–H groups in total. The first-order valence-electron chi connectivity index (χ1n) is 7.84. The molecule has 8 heteroatoms. The number of nitrogens with one attached hydrogen (secondary N) is 1. The highest BCUT2D eigenvalue weighted by Crippen LogP contribution is 2.13. The van der Waals surface area contributed by atoms with Crippen LogP contribution >= 0.6 is 12.4 Å². The van der Waals surface area contributed by atoms with Gasteiger partial charge in [-0.25, -0.2) is 8.42 Å². The maximum absolute atomic E-state index is 12.2. The van der Waals surface area contributed by atoms with Crippen molar-refractivity contribution in [1.29, 1.82) is 0 Å². The van der Waals surface area contributed by atoms with Crippen molar-refractivity contribution in [1.82, 2.24) is 5.32 Å². The molecule has 0 heterocycles. The molecule has 0 aliphatic heterocycles. The molecule has 0 spiro atoms. The molecule has 0 aromatic heterocycles. The van der Waals surface area contributed by atoms with Gasteiger partial charge in [-0.2, -0.15) is 0 Å². The van der Waals surface area contributed by atoms with Gasteiger partial charge in [0.2, 0.25) is 0 Å². The van der Waals surface area contributed by atoms with E-state index in [1.165, 1.54) is 31.4 Å². The van der Waals surface area contributed by atoms with E-state index in [4.69, 9.17) is 10.5 Å². The normalized spacial score (nSPS) is 12.1. The van der Waals surface area contributed by atoms with Gasteiger partial charge in [0.25, 0.3) is 5.91 Å². The average molecular weight is 399 g/mol. The molecule has 0 fully saturated rings. The summed E-state index contributed by atoms with van der Waals surface area (Å²) in [5.41, 5.74) is 7.36. The predicted molar refractivity (Wildman–Crippen MR) is 103 cm³/mol. The van der Waals surface area contributed by atoms with Crippen LogP contribution in [-0.4, -0.2) is 40.3 Å². The largest absolute Gasteiger partial charge is 0.384 e. The van der Waals surface area contributed by atoms with E-state index in [-0.39, 0.29) is 48.2 Å². The molecule has 0 saturated carbocycles. The number of halogens is 1. The van der Waals surface area contributed by atoms with Crippen molar-refractivity contribution in [3.8, 4) is 0 Å². The summed E-state index contributed by atoms with van der Waals surface area (Å²) in [4.78, 5) is 12.3. The van der Waals surface area contributed by atoms with Crippen LogP contribution in [0.15, 0.2) is 59.5 Å². The lowest BCUT2D eigenvalue weighted by Crippen LogP contribution is -2.31. The highest BCUT2D eigenvalue weighted by molar-refractivity contribution is 7.91. The Hall–Kier alpha value is -1.93. The molecule has 1 amide bonds. The van der Waals surface area contributed by atoms with Crippen LogP contribution in [0.4, 0.5) is 0 Å². The van der Waals surface area contributed by atoms with Gasteiger partial charge in [-0.1, -0.05) is 30.3 Å². The van der Waals surface area contributed by atoms with Crippen molar-refractivity contribution in [2.45, 2.75) is 10.9 Å². The molecule has 2 aromatic carbocycles. The summed E-state index contributed by atoms with van der Waals surface area (Å²) in [5.74, 6) is -0.395. The zero-order chi connectivity index (χ0) is 18.3. The fourth-order valence-electron chi connectivity index (χ4n) is 2.25. The number of rotatable bonds is 8. The number of sulfone groups is 1. The van der Waals surface area contributed by atoms with Gasteiger partial charge >= 0.3 is 0 Å². The van der Waals surface area contributed by atoms with Gasteiger partial charge in [0, 0.05) is 25.3 Å². The van der Waals surface area contributed by atoms with E-state index in [0.29, 0.717) is 5.56 Å². The lowest BCUT2D eigenvalue weighted by molar-refractivity contribution is 0.0951. The lowest BCUT2D eigenvalue weighted by Gasteiger charge is -2.13. The first-order valence-corrected chi connectivity index (χ1v) is 9.50. The van der Waals surface area contributed by atoms with Crippen molar-refractivity contribution in [2.24, 2.45) is 5.73 Å². The van der Waals surface area contributed by atoms with Gasteiger partial charge in [-0.05, 0) is 29.8 Å². The maximum Gasteiger partial charge on any atom is 0.251 e. The molecule has 142 valence electrons. The quantitative estimate of drug-likeness (QED) is 0.708. The van der Waals surface area contributed by atoms with Crippen molar-refractivity contribution in [3.05, 3.63) is 65.7 Å². The van der Waals surface area contributed by atoms with E-state index in [1.807, 2.05) is 30.3 Å². The van der Waals surface area contributed by atoms with Crippen LogP contribution in [0.1, 0.15) is 22.0 Å². The fraction of sp³-hybridized carbons (Fsp3) is 0.278. The van der Waals surface area contributed by atoms with Crippen LogP contribution in [-0.2, 0) is 14.6 Å². The first kappa shape index (κ1) is 22.1. The molecule has 0 bridgehead atoms. The number of amides is 1. The molecule has 1 atom stereocenters. The van der Waals surface area contributed by atoms with Crippen LogP contribution < -0.4 is 11.1 Å². The number of hydrogen-bond donors (Lipinski definition) is 2. The monoisotopic (exact) mass is 398 g/mol. The number of nitrogens with two attached hydrogens (primary N) is 1. The van der Waals surface area contributed by atoms with Crippen molar-refractivity contribution in [2.75, 3.05) is 26.0 Å². The highest BCUT2D eigenvalue weighted by atomic mass is 35.5. The second kappa shape index (κ2) is 10.3. The summed E-state index contributed by atoms with van der Waals surface area (Å²) in [6, 6.07) is 15.0. The number of benzene rings is 2. The minimum Gasteiger partial charge on any atom is -0.384 e. The van der Waals surface area contributed by atoms with Gasteiger partial charge in [0.05, 0.1) is 17.3 Å². The zero-order valence-electron chi connectivity index (χ0n) is 14.4. The van der Waals surface area contributed by atoms with E-state index >= 15 is 0 Å². The molecule has 2 rings (SSSR count). The summed E-state index contributed by atoms with van der Waals surface area (Å²) >= 11 is 0. The Bertz CT molecular complexity index is 796. The Kier molecular flexibility index (Phi) is 8.74. The van der Waals surface area contributed by atoms with Crippen molar-refractivity contribution < 1.29 is 17.9 Å². The summed E-state index contributed by atoms with van der Waals surface area (Å²) in [6.07, 6.45) is 0. The average Bonchev–Trinajstić information content (AvgIpc) is 2.65. The van der Waals surface area contributed by atoms with Gasteiger partial charge in [0.1, 0.15) is 0 Å². The molecule has 0 saturated heterocycles. The molecule has 0 radical (unpaired) electrons. The number of carbonyl (C=O) groups excluding carboxylic acids is 1. The molecule has 0 aliphatic carbocycles. The van der Waals surface area contributed by atoms with E-state index in [9.17, 15) is 13.2 Å². The van der Waals surface area contributed by atoms with Crippen LogP contribution in [0.5, 0.6) is 0 Å². The summed E-state index contributed by atoms with van der Waals surface area (Å²) < 4.78 is 28.9. The van der Waals surface area contributed by atoms with Crippen molar-refractivity contribution in [3.63, 3.8) is 0 Å². The standard InChI is InChI=1S/C18H22N2O4S.ClH/c1-24-11-12-25(22,23)16-9-7-15(8-10-16)18(21)20-13-17(19)14-5-3-2-4-6-14;/h2-10,17H,11-13,19H2,1H3,(H,20,21);1H. The SMILES string of the molecule is COCCS(=O)(=O)c1ccc(C(=O)NCC(N)c2ccccc2)cc1.Cl. The number of carbonyl (C=O) groups is 1. The molecular formula is C18H23ClN2O4S. The Morgan fingerprint density at radius 1 is 1.12 bits per heavy atom. The van der Waals surface area contributed by atoms with Gasteiger partial charge < -0.3 is 15.8 Å². The Balaban J connectivity index is 0.00000338. The number of ether oxygens (including phenoxy) is 1. The second-order valence-electron chi connectivity index (χ2n) is 5.56. The Labute approximate surface area is 160 Å². The third-order valence-electron chi connectivity index (χ3n) is 3.74. The van der Waals surface area contributed by atoms with E-state index in [2.05, 4.69) is 5.32 Å². The zero-order valence-corrected chi connectivity index (χ0v) is 16.1. The molecular weight excluding hydrogens is 376 g/mol. The van der Waals surface area contributed by atoms with Gasteiger partial charge in [0.15, 0.2) is 9.84 Å². The van der Waals surface area contributed by atoms with Crippen LogP contribution in [0.3, 0.4) is 0 Å². The highest BCUT2D eigenvalue weighted by Gasteiger charge is 2.15. The topological polar surface area (TPSA) is 98.5 Å². The summed E-state index contributed by atoms with van der Waals surface area (Å²) in [7, 11) is -1.96. The third-order valence-corrected chi connectivity index (χ3v) is 5.44. The van der Waals surface area contributed by atoms with E-state index < -0.39 is 9.84 Å². The summed E-state index contributed by atoms with van der Waals surface area (Å²) in [6.45, 7) is 0.415. The van der Waals surface area contributed by atoms with E-state index in [1.54, 1.807) is 0 Å². The van der Waals surface area contributed by atoms with Crippen LogP contribution in [0, 0.1) is 0 Å². The molecule has 1 unspecified atom stereocenters. The molecule has 26 heavy (non-hydrogen) atoms. The van der Waals surface area contributed by atoms with Gasteiger partial charge in [-0.3, -0.25) is 4.79 Å². The minimum atomic E-state index is -3.40. The predicted octanol–water partition coefficient (Wildman–Crippen LogP) is 1.96. The van der Waals surface area contributed by atoms with E-state index in [0.717, 1.165) is 5.56 Å². The van der Waals surface area contributed by atoms with Crippen LogP contribution in [0.25, 0.3) is 0 Å². The smallest absolute Gasteiger partial charge is 0.251 e. The number of methoxy groups -OCH3 is 1. The van der Waals surface area contributed by atoms with Gasteiger partial charge in [-0.15, -0.1) is 12.4 Å². The second-order valence-corrected chi connectivity index (χ2v) is 7.67. The third kappa shape index (κ3) is 6.10. The van der Waals surface area contributed by atoms with Crippen molar-refractivity contribution >= 4 is 28.2 Å². The molecule has 2 aromatic rings. The fourth-order valence-corrected chi connectivity index (χ4v) is 3.42. The minimum absolute atomic E-state index is 0. The molecule has 6 nitrogen and oxygen atoms in total. The molecule has 0 aliphatic rings. The Morgan fingerprint density at radius 2 is 1.73 bits per heavy atom. The number of hydrogen-bond acceptors (Lipinski definition) is 5. The lowest BCUT2D eigenvalue weighted by atomic mass is 10.1.